The van der Waals surface area contributed by atoms with Gasteiger partial charge in [-0.15, -0.1) is 11.3 Å². The van der Waals surface area contributed by atoms with Gasteiger partial charge < -0.3 is 0 Å². The average Bonchev–Trinajstić information content (AvgIpc) is 2.86. The SMILES string of the molecule is O=C(NS(=O)(=O)c1cc(Cl)sc1Cl)C1=CCCC1. The number of halogens is 2. The highest BCUT2D eigenvalue weighted by Gasteiger charge is 2.25. The molecule has 1 amide bonds. The van der Waals surface area contributed by atoms with Crippen LogP contribution in [-0.4, -0.2) is 14.3 Å². The summed E-state index contributed by atoms with van der Waals surface area (Å²) in [6, 6.07) is 1.23. The smallest absolute Gasteiger partial charge is 0.266 e. The number of carbonyl (C=O) groups is 1. The molecular formula is C10H9Cl2NO3S2. The van der Waals surface area contributed by atoms with Crippen molar-refractivity contribution in [2.45, 2.75) is 24.2 Å². The summed E-state index contributed by atoms with van der Waals surface area (Å²) in [6.07, 6.45) is 4.01. The molecule has 1 N–H and O–H groups in total. The minimum atomic E-state index is -3.95. The van der Waals surface area contributed by atoms with Gasteiger partial charge in [0.2, 0.25) is 0 Å². The number of nitrogens with one attached hydrogen (secondary N) is 1. The second kappa shape index (κ2) is 5.21. The van der Waals surface area contributed by atoms with E-state index in [1.165, 1.54) is 6.07 Å². The van der Waals surface area contributed by atoms with Crippen LogP contribution in [0.25, 0.3) is 0 Å². The van der Waals surface area contributed by atoms with Crippen LogP contribution in [0.2, 0.25) is 8.67 Å². The Hall–Kier alpha value is -0.560. The summed E-state index contributed by atoms with van der Waals surface area (Å²) in [4.78, 5) is 11.6. The quantitative estimate of drug-likeness (QED) is 0.929. The second-order valence-corrected chi connectivity index (χ2v) is 7.68. The van der Waals surface area contributed by atoms with Gasteiger partial charge in [0.05, 0.1) is 4.34 Å². The van der Waals surface area contributed by atoms with Crippen molar-refractivity contribution >= 4 is 50.5 Å². The van der Waals surface area contributed by atoms with Gasteiger partial charge in [0.15, 0.2) is 0 Å². The zero-order chi connectivity index (χ0) is 13.3. The van der Waals surface area contributed by atoms with Crippen LogP contribution < -0.4 is 4.72 Å². The maximum Gasteiger partial charge on any atom is 0.266 e. The van der Waals surface area contributed by atoms with Gasteiger partial charge in [0.25, 0.3) is 15.9 Å². The number of rotatable bonds is 3. The molecule has 0 unspecified atom stereocenters. The molecule has 0 saturated heterocycles. The highest BCUT2D eigenvalue weighted by molar-refractivity contribution is 7.90. The van der Waals surface area contributed by atoms with Crippen molar-refractivity contribution < 1.29 is 13.2 Å². The van der Waals surface area contributed by atoms with E-state index >= 15 is 0 Å². The predicted octanol–water partition coefficient (Wildman–Crippen LogP) is 2.97. The summed E-state index contributed by atoms with van der Waals surface area (Å²) in [6.45, 7) is 0. The third-order valence-corrected chi connectivity index (χ3v) is 5.56. The fourth-order valence-electron chi connectivity index (χ4n) is 1.63. The Morgan fingerprint density at radius 2 is 2.11 bits per heavy atom. The maximum atomic E-state index is 11.9. The lowest BCUT2D eigenvalue weighted by atomic mass is 10.2. The molecule has 98 valence electrons. The lowest BCUT2D eigenvalue weighted by Gasteiger charge is -2.06. The van der Waals surface area contributed by atoms with E-state index in [1.54, 1.807) is 6.08 Å². The lowest BCUT2D eigenvalue weighted by molar-refractivity contribution is -0.115. The summed E-state index contributed by atoms with van der Waals surface area (Å²) in [5.41, 5.74) is 0.496. The van der Waals surface area contributed by atoms with E-state index in [4.69, 9.17) is 23.2 Å². The first-order valence-corrected chi connectivity index (χ1v) is 8.17. The minimum absolute atomic E-state index is 0.0423. The molecular weight excluding hydrogens is 317 g/mol. The third kappa shape index (κ3) is 2.88. The molecule has 0 saturated carbocycles. The number of amides is 1. The molecule has 0 aromatic carbocycles. The number of hydrogen-bond acceptors (Lipinski definition) is 4. The van der Waals surface area contributed by atoms with Crippen molar-refractivity contribution in [2.75, 3.05) is 0 Å². The molecule has 0 fully saturated rings. The van der Waals surface area contributed by atoms with Gasteiger partial charge in [0, 0.05) is 5.57 Å². The maximum absolute atomic E-state index is 11.9. The van der Waals surface area contributed by atoms with Crippen molar-refractivity contribution in [3.8, 4) is 0 Å². The van der Waals surface area contributed by atoms with E-state index in [-0.39, 0.29) is 13.6 Å². The van der Waals surface area contributed by atoms with E-state index in [0.29, 0.717) is 12.0 Å². The standard InChI is InChI=1S/C10H9Cl2NO3S2/c11-8-5-7(9(12)17-8)18(15,16)13-10(14)6-3-1-2-4-6/h3,5H,1-2,4H2,(H,13,14). The molecule has 4 nitrogen and oxygen atoms in total. The number of sulfonamides is 1. The first-order chi connectivity index (χ1) is 8.40. The Bertz CT molecular complexity index is 619. The van der Waals surface area contributed by atoms with Crippen LogP contribution in [0.3, 0.4) is 0 Å². The van der Waals surface area contributed by atoms with Crippen LogP contribution in [0.4, 0.5) is 0 Å². The summed E-state index contributed by atoms with van der Waals surface area (Å²) < 4.78 is 26.2. The predicted molar refractivity (Wildman–Crippen MR) is 71.6 cm³/mol. The molecule has 2 rings (SSSR count). The van der Waals surface area contributed by atoms with Crippen LogP contribution in [0.1, 0.15) is 19.3 Å². The molecule has 0 bridgehead atoms. The van der Waals surface area contributed by atoms with Crippen molar-refractivity contribution in [3.05, 3.63) is 26.4 Å². The second-order valence-electron chi connectivity index (χ2n) is 3.74. The molecule has 8 heteroatoms. The van der Waals surface area contributed by atoms with Gasteiger partial charge >= 0.3 is 0 Å². The van der Waals surface area contributed by atoms with Crippen molar-refractivity contribution in [2.24, 2.45) is 0 Å². The van der Waals surface area contributed by atoms with Crippen LogP contribution in [-0.2, 0) is 14.8 Å². The van der Waals surface area contributed by atoms with E-state index < -0.39 is 15.9 Å². The van der Waals surface area contributed by atoms with Crippen LogP contribution in [0.15, 0.2) is 22.6 Å². The lowest BCUT2D eigenvalue weighted by Crippen LogP contribution is -2.31. The minimum Gasteiger partial charge on any atom is -0.269 e. The zero-order valence-electron chi connectivity index (χ0n) is 9.07. The largest absolute Gasteiger partial charge is 0.269 e. The van der Waals surface area contributed by atoms with Crippen molar-refractivity contribution in [1.29, 1.82) is 0 Å². The first-order valence-electron chi connectivity index (χ1n) is 5.11. The Kier molecular flexibility index (Phi) is 4.01. The monoisotopic (exact) mass is 325 g/mol. The molecule has 1 aromatic heterocycles. The Labute approximate surface area is 119 Å². The van der Waals surface area contributed by atoms with E-state index in [2.05, 4.69) is 0 Å². The normalized spacial score (nSPS) is 15.6. The van der Waals surface area contributed by atoms with Gasteiger partial charge in [-0.2, -0.15) is 0 Å². The average molecular weight is 326 g/mol. The molecule has 0 spiro atoms. The van der Waals surface area contributed by atoms with Gasteiger partial charge in [-0.25, -0.2) is 13.1 Å². The highest BCUT2D eigenvalue weighted by atomic mass is 35.5. The van der Waals surface area contributed by atoms with Gasteiger partial charge in [0.1, 0.15) is 9.23 Å². The summed E-state index contributed by atoms with van der Waals surface area (Å²) in [5, 5.41) is 0. The van der Waals surface area contributed by atoms with Crippen molar-refractivity contribution in [3.63, 3.8) is 0 Å². The number of allylic oxidation sites excluding steroid dienone is 1. The summed E-state index contributed by atoms with van der Waals surface area (Å²) in [7, 11) is -3.95. The molecule has 1 aromatic rings. The molecule has 0 radical (unpaired) electrons. The number of thiophene rings is 1. The Morgan fingerprint density at radius 3 is 2.61 bits per heavy atom. The molecule has 18 heavy (non-hydrogen) atoms. The topological polar surface area (TPSA) is 63.2 Å². The number of hydrogen-bond donors (Lipinski definition) is 1. The van der Waals surface area contributed by atoms with E-state index in [9.17, 15) is 13.2 Å². The van der Waals surface area contributed by atoms with Gasteiger partial charge in [-0.3, -0.25) is 4.79 Å². The Morgan fingerprint density at radius 1 is 1.39 bits per heavy atom. The summed E-state index contributed by atoms with van der Waals surface area (Å²) in [5.74, 6) is -0.592. The van der Waals surface area contributed by atoms with E-state index in [1.807, 2.05) is 4.72 Å². The van der Waals surface area contributed by atoms with Gasteiger partial charge in [-0.05, 0) is 25.3 Å². The molecule has 1 aliphatic carbocycles. The van der Waals surface area contributed by atoms with Gasteiger partial charge in [-0.1, -0.05) is 29.3 Å². The fraction of sp³-hybridized carbons (Fsp3) is 0.300. The van der Waals surface area contributed by atoms with Crippen LogP contribution in [0.5, 0.6) is 0 Å². The molecule has 0 aliphatic heterocycles. The van der Waals surface area contributed by atoms with Crippen LogP contribution in [0, 0.1) is 0 Å². The first kappa shape index (κ1) is 13.9. The van der Waals surface area contributed by atoms with Crippen molar-refractivity contribution in [1.82, 2.24) is 4.72 Å². The fourth-order valence-corrected chi connectivity index (χ4v) is 4.77. The highest BCUT2D eigenvalue weighted by Crippen LogP contribution is 2.34. The summed E-state index contributed by atoms with van der Waals surface area (Å²) >= 11 is 12.4. The van der Waals surface area contributed by atoms with E-state index in [0.717, 1.165) is 24.2 Å². The molecule has 0 atom stereocenters. The van der Waals surface area contributed by atoms with Crippen LogP contribution >= 0.6 is 34.5 Å². The Balaban J connectivity index is 2.22. The molecule has 1 heterocycles. The third-order valence-electron chi connectivity index (χ3n) is 2.47. The molecule has 1 aliphatic rings. The number of carbonyl (C=O) groups excluding carboxylic acids is 1. The zero-order valence-corrected chi connectivity index (χ0v) is 12.2.